The molecule has 2 aromatic heterocycles. The zero-order chi connectivity index (χ0) is 26.2. The summed E-state index contributed by atoms with van der Waals surface area (Å²) < 4.78 is 17.1. The van der Waals surface area contributed by atoms with E-state index in [2.05, 4.69) is 28.7 Å². The van der Waals surface area contributed by atoms with Crippen molar-refractivity contribution in [2.45, 2.75) is 0 Å². The highest BCUT2D eigenvalue weighted by Gasteiger charge is 2.30. The summed E-state index contributed by atoms with van der Waals surface area (Å²) in [6.45, 7) is 0. The minimum atomic E-state index is -3.11. The van der Waals surface area contributed by atoms with E-state index in [1.54, 1.807) is 0 Å². The first kappa shape index (κ1) is 23.3. The Bertz CT molecular complexity index is 1940. The summed E-state index contributed by atoms with van der Waals surface area (Å²) in [4.78, 5) is 9.85. The van der Waals surface area contributed by atoms with E-state index in [-0.39, 0.29) is 0 Å². The summed E-state index contributed by atoms with van der Waals surface area (Å²) >= 11 is 0. The Kier molecular flexibility index (Phi) is 5.69. The molecule has 5 heteroatoms. The van der Waals surface area contributed by atoms with E-state index in [0.29, 0.717) is 5.78 Å². The van der Waals surface area contributed by atoms with Gasteiger partial charge in [0.25, 0.3) is 0 Å². The quantitative estimate of drug-likeness (QED) is 0.233. The lowest BCUT2D eigenvalue weighted by molar-refractivity contribution is 0.592. The summed E-state index contributed by atoms with van der Waals surface area (Å²) in [5.74, 6) is 0.632. The molecule has 0 atom stereocenters. The molecule has 186 valence electrons. The lowest BCUT2D eigenvalue weighted by Gasteiger charge is -2.20. The van der Waals surface area contributed by atoms with Crippen LogP contribution in [0.15, 0.2) is 146 Å². The van der Waals surface area contributed by atoms with Gasteiger partial charge < -0.3 is 4.57 Å². The highest BCUT2D eigenvalue weighted by molar-refractivity contribution is 7.85. The van der Waals surface area contributed by atoms with Crippen molar-refractivity contribution >= 4 is 39.9 Å². The number of benzene rings is 5. The predicted molar refractivity (Wildman–Crippen MR) is 161 cm³/mol. The number of hydrogen-bond donors (Lipinski definition) is 0. The molecule has 0 saturated carbocycles. The van der Waals surface area contributed by atoms with Crippen molar-refractivity contribution in [3.63, 3.8) is 0 Å². The first-order chi connectivity index (χ1) is 19.2. The van der Waals surface area contributed by atoms with Crippen LogP contribution < -0.4 is 15.9 Å². The number of fused-ring (bicyclic) bond motifs is 3. The maximum Gasteiger partial charge on any atom is 0.235 e. The molecule has 0 fully saturated rings. The van der Waals surface area contributed by atoms with E-state index < -0.39 is 7.14 Å². The zero-order valence-corrected chi connectivity index (χ0v) is 21.9. The van der Waals surface area contributed by atoms with E-state index in [1.165, 1.54) is 0 Å². The van der Waals surface area contributed by atoms with Gasteiger partial charge in [0.05, 0.1) is 22.4 Å². The minimum Gasteiger partial charge on any atom is -0.309 e. The topological polar surface area (TPSA) is 47.3 Å². The second kappa shape index (κ2) is 9.50. The summed E-state index contributed by atoms with van der Waals surface area (Å²) in [5, 5.41) is 2.39. The highest BCUT2D eigenvalue weighted by atomic mass is 31.2. The Hall–Kier alpha value is -4.79. The van der Waals surface area contributed by atoms with E-state index in [0.717, 1.165) is 49.5 Å². The molecular formula is C34H24N3OP. The third-order valence-electron chi connectivity index (χ3n) is 7.09. The lowest BCUT2D eigenvalue weighted by atomic mass is 10.1. The molecule has 7 rings (SSSR count). The van der Waals surface area contributed by atoms with Gasteiger partial charge in [0.2, 0.25) is 5.78 Å². The average Bonchev–Trinajstić information content (AvgIpc) is 3.40. The van der Waals surface area contributed by atoms with Crippen LogP contribution in [0.4, 0.5) is 0 Å². The van der Waals surface area contributed by atoms with Gasteiger partial charge in [-0.15, -0.1) is 0 Å². The van der Waals surface area contributed by atoms with Crippen LogP contribution >= 0.6 is 7.14 Å². The number of rotatable bonds is 5. The van der Waals surface area contributed by atoms with Crippen molar-refractivity contribution in [1.82, 2.24) is 14.4 Å². The standard InChI is InChI=1S/C34H24N3OP/c38-39(27-16-6-2-7-17-27,28-18-8-3-9-19-28)29-20-12-15-26(23-29)31-24-33(25-13-4-1-5-14-25)37-32-22-11-10-21-30(32)35-34(37)36-31/h1-24H. The second-order valence-corrected chi connectivity index (χ2v) is 12.2. The third-order valence-corrected chi connectivity index (χ3v) is 10.1. The van der Waals surface area contributed by atoms with Gasteiger partial charge in [0.15, 0.2) is 7.14 Å². The number of aromatic nitrogens is 3. The molecule has 0 spiro atoms. The molecule has 0 aliphatic heterocycles. The SMILES string of the molecule is O=P(c1ccccc1)(c1ccccc1)c1cccc(-c2cc(-c3ccccc3)n3c(n2)nc2ccccc23)c1. The largest absolute Gasteiger partial charge is 0.309 e. The van der Waals surface area contributed by atoms with Crippen LogP contribution in [0.3, 0.4) is 0 Å². The maximum atomic E-state index is 15.0. The van der Waals surface area contributed by atoms with E-state index >= 15 is 0 Å². The van der Waals surface area contributed by atoms with Crippen LogP contribution in [0.5, 0.6) is 0 Å². The van der Waals surface area contributed by atoms with Crippen molar-refractivity contribution in [2.24, 2.45) is 0 Å². The van der Waals surface area contributed by atoms with Crippen molar-refractivity contribution in [2.75, 3.05) is 0 Å². The summed E-state index contributed by atoms with van der Waals surface area (Å²) in [6.07, 6.45) is 0. The molecule has 0 bridgehead atoms. The molecule has 0 amide bonds. The predicted octanol–water partition coefficient (Wildman–Crippen LogP) is 6.86. The molecule has 0 saturated heterocycles. The normalized spacial score (nSPS) is 11.7. The fraction of sp³-hybridized carbons (Fsp3) is 0. The van der Waals surface area contributed by atoms with Gasteiger partial charge >= 0.3 is 0 Å². The number of imidazole rings is 1. The van der Waals surface area contributed by atoms with Crippen LogP contribution in [0, 0.1) is 0 Å². The summed E-state index contributed by atoms with van der Waals surface area (Å²) in [7, 11) is -3.11. The summed E-state index contributed by atoms with van der Waals surface area (Å²) in [6, 6.07) is 48.0. The maximum absolute atomic E-state index is 15.0. The Balaban J connectivity index is 1.46. The van der Waals surface area contributed by atoms with Crippen LogP contribution in [0.2, 0.25) is 0 Å². The molecule has 7 aromatic rings. The Labute approximate surface area is 226 Å². The van der Waals surface area contributed by atoms with Crippen molar-refractivity contribution in [1.29, 1.82) is 0 Å². The van der Waals surface area contributed by atoms with Crippen molar-refractivity contribution in [3.05, 3.63) is 146 Å². The van der Waals surface area contributed by atoms with Crippen LogP contribution in [-0.4, -0.2) is 14.4 Å². The van der Waals surface area contributed by atoms with Gasteiger partial charge in [-0.2, -0.15) is 0 Å². The monoisotopic (exact) mass is 521 g/mol. The summed E-state index contributed by atoms with van der Waals surface area (Å²) in [5.41, 5.74) is 5.66. The van der Waals surface area contributed by atoms with Gasteiger partial charge in [-0.25, -0.2) is 9.97 Å². The molecule has 0 aliphatic carbocycles. The molecule has 5 aromatic carbocycles. The van der Waals surface area contributed by atoms with Crippen LogP contribution in [0.25, 0.3) is 39.3 Å². The van der Waals surface area contributed by atoms with Crippen LogP contribution in [-0.2, 0) is 4.57 Å². The van der Waals surface area contributed by atoms with Crippen molar-refractivity contribution in [3.8, 4) is 22.5 Å². The molecule has 39 heavy (non-hydrogen) atoms. The van der Waals surface area contributed by atoms with Gasteiger partial charge in [0, 0.05) is 21.5 Å². The number of hydrogen-bond acceptors (Lipinski definition) is 3. The molecule has 0 unspecified atom stereocenters. The van der Waals surface area contributed by atoms with E-state index in [1.807, 2.05) is 121 Å². The van der Waals surface area contributed by atoms with Gasteiger partial charge in [-0.05, 0) is 29.8 Å². The molecule has 0 aliphatic rings. The minimum absolute atomic E-state index is 0.632. The molecule has 4 nitrogen and oxygen atoms in total. The number of para-hydroxylation sites is 2. The van der Waals surface area contributed by atoms with Gasteiger partial charge in [-0.1, -0.05) is 121 Å². The smallest absolute Gasteiger partial charge is 0.235 e. The van der Waals surface area contributed by atoms with E-state index in [9.17, 15) is 4.57 Å². The van der Waals surface area contributed by atoms with E-state index in [4.69, 9.17) is 9.97 Å². The Morgan fingerprint density at radius 3 is 1.77 bits per heavy atom. The fourth-order valence-electron chi connectivity index (χ4n) is 5.21. The van der Waals surface area contributed by atoms with Crippen LogP contribution in [0.1, 0.15) is 0 Å². The second-order valence-electron chi connectivity index (χ2n) is 9.46. The lowest BCUT2D eigenvalue weighted by Crippen LogP contribution is -2.25. The first-order valence-corrected chi connectivity index (χ1v) is 14.6. The van der Waals surface area contributed by atoms with Gasteiger partial charge in [0.1, 0.15) is 0 Å². The molecular weight excluding hydrogens is 497 g/mol. The third kappa shape index (κ3) is 3.98. The highest BCUT2D eigenvalue weighted by Crippen LogP contribution is 2.43. The Morgan fingerprint density at radius 2 is 1.08 bits per heavy atom. The Morgan fingerprint density at radius 1 is 0.513 bits per heavy atom. The molecule has 2 heterocycles. The fourth-order valence-corrected chi connectivity index (χ4v) is 7.91. The zero-order valence-electron chi connectivity index (χ0n) is 21.1. The average molecular weight is 522 g/mol. The molecule has 0 N–H and O–H groups in total. The first-order valence-electron chi connectivity index (χ1n) is 12.9. The molecule has 0 radical (unpaired) electrons. The van der Waals surface area contributed by atoms with Crippen molar-refractivity contribution < 1.29 is 4.57 Å². The number of nitrogens with zero attached hydrogens (tertiary/aromatic N) is 3. The van der Waals surface area contributed by atoms with Gasteiger partial charge in [-0.3, -0.25) is 4.40 Å².